The van der Waals surface area contributed by atoms with Crippen molar-refractivity contribution in [3.63, 3.8) is 0 Å². The lowest BCUT2D eigenvalue weighted by atomic mass is 10.1. The maximum Gasteiger partial charge on any atom is 0.234 e. The molecule has 9 heteroatoms. The Morgan fingerprint density at radius 1 is 1.44 bits per heavy atom. The lowest BCUT2D eigenvalue weighted by molar-refractivity contribution is -0.122. The zero-order valence-electron chi connectivity index (χ0n) is 15.9. The lowest BCUT2D eigenvalue weighted by Gasteiger charge is -2.17. The molecule has 8 nitrogen and oxygen atoms in total. The summed E-state index contributed by atoms with van der Waals surface area (Å²) >= 11 is 0. The van der Waals surface area contributed by atoms with Crippen LogP contribution in [0, 0.1) is 13.8 Å². The highest BCUT2D eigenvalue weighted by molar-refractivity contribution is 7.91. The second-order valence-electron chi connectivity index (χ2n) is 7.18. The van der Waals surface area contributed by atoms with Gasteiger partial charge in [0.25, 0.3) is 0 Å². The Labute approximate surface area is 159 Å². The van der Waals surface area contributed by atoms with Crippen LogP contribution < -0.4 is 5.32 Å². The van der Waals surface area contributed by atoms with Crippen molar-refractivity contribution in [1.82, 2.24) is 20.0 Å². The van der Waals surface area contributed by atoms with Crippen LogP contribution in [0.25, 0.3) is 0 Å². The summed E-state index contributed by atoms with van der Waals surface area (Å²) in [7, 11) is -1.08. The minimum atomic E-state index is -2.96. The first-order valence-corrected chi connectivity index (χ1v) is 10.8. The number of hydrogen-bond donors (Lipinski definition) is 1. The van der Waals surface area contributed by atoms with Gasteiger partial charge in [-0.2, -0.15) is 5.10 Å². The first-order valence-electron chi connectivity index (χ1n) is 8.98. The summed E-state index contributed by atoms with van der Waals surface area (Å²) in [5, 5.41) is 7.40. The van der Waals surface area contributed by atoms with Crippen LogP contribution in [-0.2, 0) is 27.7 Å². The van der Waals surface area contributed by atoms with Gasteiger partial charge >= 0.3 is 0 Å². The highest BCUT2D eigenvalue weighted by Crippen LogP contribution is 2.27. The SMILES string of the molecule is Cc1nn([C@H]2CCS(=O)(=O)C2)c(C)c1CN(C)CC(=O)NCc1ccco1. The van der Waals surface area contributed by atoms with Crippen molar-refractivity contribution >= 4 is 15.7 Å². The predicted octanol–water partition coefficient (Wildman–Crippen LogP) is 1.20. The van der Waals surface area contributed by atoms with Crippen molar-refractivity contribution in [3.05, 3.63) is 41.1 Å². The Morgan fingerprint density at radius 3 is 2.85 bits per heavy atom. The summed E-state index contributed by atoms with van der Waals surface area (Å²) in [6, 6.07) is 3.50. The summed E-state index contributed by atoms with van der Waals surface area (Å²) in [5.74, 6) is 1.00. The molecule has 0 spiro atoms. The van der Waals surface area contributed by atoms with Gasteiger partial charge in [0.2, 0.25) is 5.91 Å². The van der Waals surface area contributed by atoms with Crippen LogP contribution in [0.3, 0.4) is 0 Å². The average Bonchev–Trinajstić information content (AvgIpc) is 3.29. The standard InChI is InChI=1S/C18H26N4O4S/c1-13-17(14(2)22(20-13)15-6-8-27(24,25)12-15)10-21(3)11-18(23)19-9-16-5-4-7-26-16/h4-5,7,15H,6,8-12H2,1-3H3,(H,19,23)/t15-/m0/s1. The molecular weight excluding hydrogens is 368 g/mol. The Balaban J connectivity index is 1.59. The molecule has 0 aliphatic carbocycles. The van der Waals surface area contributed by atoms with Crippen molar-refractivity contribution in [2.45, 2.75) is 39.4 Å². The molecule has 1 fully saturated rings. The Hall–Kier alpha value is -2.13. The first-order chi connectivity index (χ1) is 12.7. The minimum absolute atomic E-state index is 0.0847. The largest absolute Gasteiger partial charge is 0.467 e. The van der Waals surface area contributed by atoms with Crippen LogP contribution in [-0.4, -0.2) is 54.1 Å². The third kappa shape index (κ3) is 4.78. The number of rotatable bonds is 7. The van der Waals surface area contributed by atoms with E-state index in [0.29, 0.717) is 25.3 Å². The number of aryl methyl sites for hydroxylation is 1. The van der Waals surface area contributed by atoms with Crippen LogP contribution in [0.5, 0.6) is 0 Å². The van der Waals surface area contributed by atoms with E-state index in [1.54, 1.807) is 12.3 Å². The minimum Gasteiger partial charge on any atom is -0.467 e. The number of hydrogen-bond acceptors (Lipinski definition) is 6. The molecule has 1 saturated heterocycles. The van der Waals surface area contributed by atoms with E-state index in [4.69, 9.17) is 4.42 Å². The van der Waals surface area contributed by atoms with Gasteiger partial charge in [-0.25, -0.2) is 8.42 Å². The predicted molar refractivity (Wildman–Crippen MR) is 101 cm³/mol. The van der Waals surface area contributed by atoms with Gasteiger partial charge in [0, 0.05) is 17.8 Å². The van der Waals surface area contributed by atoms with Crippen LogP contribution in [0.4, 0.5) is 0 Å². The number of nitrogens with zero attached hydrogens (tertiary/aromatic N) is 3. The monoisotopic (exact) mass is 394 g/mol. The number of amides is 1. The van der Waals surface area contributed by atoms with E-state index in [2.05, 4.69) is 10.4 Å². The Kier molecular flexibility index (Phi) is 5.71. The quantitative estimate of drug-likeness (QED) is 0.758. The number of nitrogens with one attached hydrogen (secondary N) is 1. The summed E-state index contributed by atoms with van der Waals surface area (Å²) in [6.45, 7) is 5.08. The fraction of sp³-hybridized carbons (Fsp3) is 0.556. The molecule has 148 valence electrons. The number of carbonyl (C=O) groups is 1. The van der Waals surface area contributed by atoms with Crippen molar-refractivity contribution < 1.29 is 17.6 Å². The molecule has 3 rings (SSSR count). The van der Waals surface area contributed by atoms with E-state index < -0.39 is 9.84 Å². The smallest absolute Gasteiger partial charge is 0.234 e. The molecule has 1 aliphatic heterocycles. The van der Waals surface area contributed by atoms with E-state index >= 15 is 0 Å². The molecule has 3 heterocycles. The van der Waals surface area contributed by atoms with Crippen LogP contribution in [0.15, 0.2) is 22.8 Å². The normalized spacial score (nSPS) is 18.9. The van der Waals surface area contributed by atoms with Crippen molar-refractivity contribution in [2.24, 2.45) is 0 Å². The molecule has 2 aromatic rings. The molecule has 0 bridgehead atoms. The molecule has 0 aromatic carbocycles. The second-order valence-corrected chi connectivity index (χ2v) is 9.41. The van der Waals surface area contributed by atoms with Crippen molar-refractivity contribution in [3.8, 4) is 0 Å². The maximum absolute atomic E-state index is 12.1. The van der Waals surface area contributed by atoms with E-state index in [1.807, 2.05) is 36.5 Å². The maximum atomic E-state index is 12.1. The molecule has 1 aliphatic rings. The topological polar surface area (TPSA) is 97.4 Å². The average molecular weight is 394 g/mol. The number of sulfone groups is 1. The number of furan rings is 1. The highest BCUT2D eigenvalue weighted by Gasteiger charge is 2.31. The summed E-state index contributed by atoms with van der Waals surface area (Å²) in [5.41, 5.74) is 2.89. The Bertz CT molecular complexity index is 902. The molecule has 0 unspecified atom stereocenters. The molecular formula is C18H26N4O4S. The number of aromatic nitrogens is 2. The van der Waals surface area contributed by atoms with Gasteiger partial charge < -0.3 is 9.73 Å². The summed E-state index contributed by atoms with van der Waals surface area (Å²) < 4.78 is 30.6. The number of likely N-dealkylation sites (N-methyl/N-ethyl adjacent to an activating group) is 1. The summed E-state index contributed by atoms with van der Waals surface area (Å²) in [6.07, 6.45) is 2.18. The van der Waals surface area contributed by atoms with Gasteiger partial charge in [-0.3, -0.25) is 14.4 Å². The van der Waals surface area contributed by atoms with Crippen LogP contribution in [0.1, 0.15) is 35.2 Å². The Morgan fingerprint density at radius 2 is 2.22 bits per heavy atom. The van der Waals surface area contributed by atoms with Crippen LogP contribution >= 0.6 is 0 Å². The van der Waals surface area contributed by atoms with E-state index in [0.717, 1.165) is 17.0 Å². The lowest BCUT2D eigenvalue weighted by Crippen LogP contribution is -2.34. The van der Waals surface area contributed by atoms with Gasteiger partial charge in [-0.05, 0) is 39.4 Å². The third-order valence-corrected chi connectivity index (χ3v) is 6.66. The van der Waals surface area contributed by atoms with Gasteiger partial charge in [0.05, 0.1) is 42.6 Å². The zero-order chi connectivity index (χ0) is 19.6. The van der Waals surface area contributed by atoms with E-state index in [-0.39, 0.29) is 30.0 Å². The summed E-state index contributed by atoms with van der Waals surface area (Å²) in [4.78, 5) is 14.0. The molecule has 1 N–H and O–H groups in total. The second kappa shape index (κ2) is 7.85. The molecule has 0 radical (unpaired) electrons. The van der Waals surface area contributed by atoms with E-state index in [9.17, 15) is 13.2 Å². The molecule has 0 saturated carbocycles. The van der Waals surface area contributed by atoms with Gasteiger partial charge in [0.15, 0.2) is 9.84 Å². The van der Waals surface area contributed by atoms with Crippen LogP contribution in [0.2, 0.25) is 0 Å². The third-order valence-electron chi connectivity index (χ3n) is 4.91. The fourth-order valence-electron chi connectivity index (χ4n) is 3.48. The highest BCUT2D eigenvalue weighted by atomic mass is 32.2. The van der Waals surface area contributed by atoms with Gasteiger partial charge in [-0.1, -0.05) is 0 Å². The zero-order valence-corrected chi connectivity index (χ0v) is 16.8. The van der Waals surface area contributed by atoms with Crippen molar-refractivity contribution in [1.29, 1.82) is 0 Å². The fourth-order valence-corrected chi connectivity index (χ4v) is 5.17. The van der Waals surface area contributed by atoms with Crippen molar-refractivity contribution in [2.75, 3.05) is 25.1 Å². The molecule has 1 atom stereocenters. The molecule has 27 heavy (non-hydrogen) atoms. The van der Waals surface area contributed by atoms with Gasteiger partial charge in [-0.15, -0.1) is 0 Å². The number of carbonyl (C=O) groups excluding carboxylic acids is 1. The molecule has 1 amide bonds. The molecule has 2 aromatic heterocycles. The first kappa shape index (κ1) is 19.6. The van der Waals surface area contributed by atoms with E-state index in [1.165, 1.54) is 0 Å². The van der Waals surface area contributed by atoms with Gasteiger partial charge in [0.1, 0.15) is 5.76 Å².